The average molecular weight is 292 g/mol. The number of benzene rings is 1. The van der Waals surface area contributed by atoms with E-state index in [9.17, 15) is 0 Å². The molecular weight excluding hydrogens is 274 g/mol. The Hall–Kier alpha value is -1.81. The van der Waals surface area contributed by atoms with Crippen molar-refractivity contribution in [2.24, 2.45) is 0 Å². The number of hydrogen-bond donors (Lipinski definition) is 1. The standard InChI is InChI=1S/C15H18ClN3O/c1-10(2)20-14-7-8-17-15(19-14)18-11(3)12-5-4-6-13(16)9-12/h4-11H,1-3H3,(H,17,18,19). The molecule has 1 N–H and O–H groups in total. The molecule has 5 heteroatoms. The van der Waals surface area contributed by atoms with Gasteiger partial charge in [-0.3, -0.25) is 0 Å². The third-order valence-electron chi connectivity index (χ3n) is 2.68. The van der Waals surface area contributed by atoms with E-state index >= 15 is 0 Å². The first-order valence-electron chi connectivity index (χ1n) is 6.56. The van der Waals surface area contributed by atoms with Crippen molar-refractivity contribution in [3.05, 3.63) is 47.1 Å². The zero-order chi connectivity index (χ0) is 14.5. The fraction of sp³-hybridized carbons (Fsp3) is 0.333. The first kappa shape index (κ1) is 14.6. The Bertz CT molecular complexity index is 575. The molecule has 0 aliphatic heterocycles. The number of hydrogen-bond acceptors (Lipinski definition) is 4. The minimum Gasteiger partial charge on any atom is -0.475 e. The second kappa shape index (κ2) is 6.57. The molecule has 1 aromatic heterocycles. The molecule has 106 valence electrons. The van der Waals surface area contributed by atoms with Crippen LogP contribution in [0.3, 0.4) is 0 Å². The molecule has 0 saturated heterocycles. The van der Waals surface area contributed by atoms with Gasteiger partial charge in [0.15, 0.2) is 0 Å². The maximum atomic E-state index is 6.00. The van der Waals surface area contributed by atoms with Gasteiger partial charge in [-0.25, -0.2) is 4.98 Å². The number of ether oxygens (including phenoxy) is 1. The van der Waals surface area contributed by atoms with Gasteiger partial charge in [0.25, 0.3) is 0 Å². The molecule has 0 aliphatic rings. The molecule has 0 aliphatic carbocycles. The van der Waals surface area contributed by atoms with Crippen molar-refractivity contribution in [3.63, 3.8) is 0 Å². The molecule has 2 aromatic rings. The van der Waals surface area contributed by atoms with Gasteiger partial charge in [0.1, 0.15) is 0 Å². The highest BCUT2D eigenvalue weighted by atomic mass is 35.5. The molecule has 1 atom stereocenters. The molecule has 0 spiro atoms. The van der Waals surface area contributed by atoms with Gasteiger partial charge >= 0.3 is 0 Å². The molecule has 1 unspecified atom stereocenters. The number of anilines is 1. The summed E-state index contributed by atoms with van der Waals surface area (Å²) in [6.07, 6.45) is 1.76. The topological polar surface area (TPSA) is 47.0 Å². The quantitative estimate of drug-likeness (QED) is 0.901. The molecule has 0 radical (unpaired) electrons. The maximum Gasteiger partial charge on any atom is 0.226 e. The van der Waals surface area contributed by atoms with Crippen LogP contribution in [0.5, 0.6) is 5.88 Å². The minimum absolute atomic E-state index is 0.0583. The molecule has 0 fully saturated rings. The highest BCUT2D eigenvalue weighted by Gasteiger charge is 2.08. The number of nitrogens with zero attached hydrogens (tertiary/aromatic N) is 2. The van der Waals surface area contributed by atoms with Crippen molar-refractivity contribution < 1.29 is 4.74 Å². The van der Waals surface area contributed by atoms with Crippen LogP contribution in [0, 0.1) is 0 Å². The Kier molecular flexibility index (Phi) is 4.79. The largest absolute Gasteiger partial charge is 0.475 e. The van der Waals surface area contributed by atoms with Crippen LogP contribution in [0.1, 0.15) is 32.4 Å². The van der Waals surface area contributed by atoms with E-state index in [1.54, 1.807) is 12.3 Å². The van der Waals surface area contributed by atoms with Gasteiger partial charge in [-0.2, -0.15) is 4.98 Å². The predicted molar refractivity (Wildman–Crippen MR) is 81.3 cm³/mol. The summed E-state index contributed by atoms with van der Waals surface area (Å²) in [7, 11) is 0. The van der Waals surface area contributed by atoms with Gasteiger partial charge in [0, 0.05) is 17.3 Å². The third kappa shape index (κ3) is 4.10. The molecule has 20 heavy (non-hydrogen) atoms. The number of nitrogens with one attached hydrogen (secondary N) is 1. The lowest BCUT2D eigenvalue weighted by Crippen LogP contribution is -2.11. The monoisotopic (exact) mass is 291 g/mol. The molecule has 2 rings (SSSR count). The first-order chi connectivity index (χ1) is 9.54. The fourth-order valence-electron chi connectivity index (χ4n) is 1.77. The SMILES string of the molecule is CC(C)Oc1ccnc(NC(C)c2cccc(Cl)c2)n1. The highest BCUT2D eigenvalue weighted by Crippen LogP contribution is 2.21. The first-order valence-corrected chi connectivity index (χ1v) is 6.94. The molecule has 0 amide bonds. The van der Waals surface area contributed by atoms with E-state index in [1.807, 2.05) is 45.0 Å². The number of rotatable bonds is 5. The Morgan fingerprint density at radius 2 is 2.00 bits per heavy atom. The molecular formula is C15H18ClN3O. The van der Waals surface area contributed by atoms with Crippen LogP contribution in [0.2, 0.25) is 5.02 Å². The van der Waals surface area contributed by atoms with Crippen LogP contribution in [-0.2, 0) is 0 Å². The zero-order valence-electron chi connectivity index (χ0n) is 11.8. The summed E-state index contributed by atoms with van der Waals surface area (Å²) >= 11 is 6.00. The second-order valence-electron chi connectivity index (χ2n) is 4.81. The van der Waals surface area contributed by atoms with E-state index in [-0.39, 0.29) is 12.1 Å². The van der Waals surface area contributed by atoms with Gasteiger partial charge in [-0.05, 0) is 38.5 Å². The van der Waals surface area contributed by atoms with Gasteiger partial charge in [0.05, 0.1) is 12.1 Å². The molecule has 1 aromatic carbocycles. The van der Waals surface area contributed by atoms with E-state index in [2.05, 4.69) is 15.3 Å². The van der Waals surface area contributed by atoms with Crippen LogP contribution in [-0.4, -0.2) is 16.1 Å². The maximum absolute atomic E-state index is 6.00. The molecule has 4 nitrogen and oxygen atoms in total. The van der Waals surface area contributed by atoms with Gasteiger partial charge < -0.3 is 10.1 Å². The van der Waals surface area contributed by atoms with E-state index in [0.29, 0.717) is 16.9 Å². The Labute approximate surface area is 124 Å². The normalized spacial score (nSPS) is 12.2. The Morgan fingerprint density at radius 3 is 2.70 bits per heavy atom. The Morgan fingerprint density at radius 1 is 1.20 bits per heavy atom. The predicted octanol–water partition coefficient (Wildman–Crippen LogP) is 4.09. The highest BCUT2D eigenvalue weighted by molar-refractivity contribution is 6.30. The smallest absolute Gasteiger partial charge is 0.226 e. The van der Waals surface area contributed by atoms with E-state index < -0.39 is 0 Å². The summed E-state index contributed by atoms with van der Waals surface area (Å²) in [6.45, 7) is 5.96. The van der Waals surface area contributed by atoms with Gasteiger partial charge in [-0.1, -0.05) is 23.7 Å². The minimum atomic E-state index is 0.0583. The van der Waals surface area contributed by atoms with E-state index in [0.717, 1.165) is 5.56 Å². The van der Waals surface area contributed by atoms with Crippen LogP contribution in [0.25, 0.3) is 0 Å². The van der Waals surface area contributed by atoms with Crippen LogP contribution in [0.15, 0.2) is 36.5 Å². The lowest BCUT2D eigenvalue weighted by atomic mass is 10.1. The van der Waals surface area contributed by atoms with Gasteiger partial charge in [0.2, 0.25) is 11.8 Å². The summed E-state index contributed by atoms with van der Waals surface area (Å²) in [5.74, 6) is 1.10. The molecule has 1 heterocycles. The van der Waals surface area contributed by atoms with Crippen molar-refractivity contribution >= 4 is 17.5 Å². The fourth-order valence-corrected chi connectivity index (χ4v) is 1.97. The Balaban J connectivity index is 2.09. The van der Waals surface area contributed by atoms with Crippen molar-refractivity contribution in [2.45, 2.75) is 32.9 Å². The van der Waals surface area contributed by atoms with Crippen LogP contribution < -0.4 is 10.1 Å². The van der Waals surface area contributed by atoms with Gasteiger partial charge in [-0.15, -0.1) is 0 Å². The molecule has 0 bridgehead atoms. The summed E-state index contributed by atoms with van der Waals surface area (Å²) in [4.78, 5) is 8.52. The summed E-state index contributed by atoms with van der Waals surface area (Å²) in [5.41, 5.74) is 1.08. The van der Waals surface area contributed by atoms with Crippen molar-refractivity contribution in [3.8, 4) is 5.88 Å². The lowest BCUT2D eigenvalue weighted by Gasteiger charge is -2.15. The number of aromatic nitrogens is 2. The van der Waals surface area contributed by atoms with Crippen molar-refractivity contribution in [1.82, 2.24) is 9.97 Å². The van der Waals surface area contributed by atoms with Crippen molar-refractivity contribution in [2.75, 3.05) is 5.32 Å². The summed E-state index contributed by atoms with van der Waals surface area (Å²) in [6, 6.07) is 9.52. The zero-order valence-corrected chi connectivity index (χ0v) is 12.6. The van der Waals surface area contributed by atoms with Crippen molar-refractivity contribution in [1.29, 1.82) is 0 Å². The summed E-state index contributed by atoms with van der Waals surface area (Å²) in [5, 5.41) is 3.95. The number of halogens is 1. The lowest BCUT2D eigenvalue weighted by molar-refractivity contribution is 0.232. The second-order valence-corrected chi connectivity index (χ2v) is 5.24. The van der Waals surface area contributed by atoms with E-state index in [1.165, 1.54) is 0 Å². The van der Waals surface area contributed by atoms with E-state index in [4.69, 9.17) is 16.3 Å². The summed E-state index contributed by atoms with van der Waals surface area (Å²) < 4.78 is 5.55. The molecule has 0 saturated carbocycles. The van der Waals surface area contributed by atoms with Crippen LogP contribution >= 0.6 is 11.6 Å². The third-order valence-corrected chi connectivity index (χ3v) is 2.92. The average Bonchev–Trinajstić information content (AvgIpc) is 2.38. The van der Waals surface area contributed by atoms with Crippen LogP contribution in [0.4, 0.5) is 5.95 Å².